The Labute approximate surface area is 103 Å². The molecule has 0 heterocycles. The van der Waals surface area contributed by atoms with E-state index in [0.717, 1.165) is 17.7 Å². The number of methoxy groups -OCH3 is 1. The fourth-order valence-corrected chi connectivity index (χ4v) is 1.45. The van der Waals surface area contributed by atoms with Crippen molar-refractivity contribution in [3.8, 4) is 5.75 Å². The van der Waals surface area contributed by atoms with Crippen LogP contribution in [-0.2, 0) is 0 Å². The maximum Gasteiger partial charge on any atom is 0.118 e. The Morgan fingerprint density at radius 2 is 2.06 bits per heavy atom. The van der Waals surface area contributed by atoms with E-state index in [1.165, 1.54) is 0 Å². The topological polar surface area (TPSA) is 45.1 Å². The van der Waals surface area contributed by atoms with Crippen molar-refractivity contribution in [2.75, 3.05) is 20.8 Å². The zero-order valence-electron chi connectivity index (χ0n) is 10.6. The highest BCUT2D eigenvalue weighted by molar-refractivity contribution is 5.79. The van der Waals surface area contributed by atoms with Gasteiger partial charge in [0.05, 0.1) is 26.0 Å². The van der Waals surface area contributed by atoms with Crippen LogP contribution in [0.15, 0.2) is 29.4 Å². The molecule has 1 rings (SSSR count). The van der Waals surface area contributed by atoms with E-state index in [2.05, 4.69) is 5.10 Å². The van der Waals surface area contributed by atoms with Gasteiger partial charge in [-0.15, -0.1) is 0 Å². The smallest absolute Gasteiger partial charge is 0.118 e. The van der Waals surface area contributed by atoms with Crippen molar-refractivity contribution in [3.63, 3.8) is 0 Å². The number of likely N-dealkylation sites (N-methyl/N-ethyl adjacent to an activating group) is 1. The van der Waals surface area contributed by atoms with Crippen molar-refractivity contribution in [3.05, 3.63) is 29.8 Å². The predicted molar refractivity (Wildman–Crippen MR) is 69.5 cm³/mol. The standard InChI is InChI=1S/C13H20N2O2/c1-4-12(10-16)15(2)14-9-11-5-7-13(17-3)8-6-11/h5-9,12,16H,4,10H2,1-3H3/b14-9+/t12-/m1/s1. The molecule has 4 heteroatoms. The van der Waals surface area contributed by atoms with Gasteiger partial charge in [0.25, 0.3) is 0 Å². The normalized spacial score (nSPS) is 12.7. The Kier molecular flexibility index (Phi) is 5.49. The van der Waals surface area contributed by atoms with Gasteiger partial charge in [0.1, 0.15) is 5.75 Å². The molecule has 0 amide bonds. The summed E-state index contributed by atoms with van der Waals surface area (Å²) in [7, 11) is 3.51. The third-order valence-electron chi connectivity index (χ3n) is 2.72. The van der Waals surface area contributed by atoms with Crippen molar-refractivity contribution in [2.24, 2.45) is 5.10 Å². The molecule has 0 aliphatic rings. The van der Waals surface area contributed by atoms with Gasteiger partial charge in [-0.05, 0) is 36.2 Å². The first-order chi connectivity index (χ1) is 8.21. The van der Waals surface area contributed by atoms with Crippen LogP contribution >= 0.6 is 0 Å². The molecular weight excluding hydrogens is 216 g/mol. The zero-order chi connectivity index (χ0) is 12.7. The lowest BCUT2D eigenvalue weighted by molar-refractivity contribution is 0.148. The van der Waals surface area contributed by atoms with Crippen LogP contribution in [0.5, 0.6) is 5.75 Å². The fraction of sp³-hybridized carbons (Fsp3) is 0.462. The summed E-state index contributed by atoms with van der Waals surface area (Å²) in [5.74, 6) is 0.831. The van der Waals surface area contributed by atoms with Gasteiger partial charge in [0, 0.05) is 7.05 Å². The van der Waals surface area contributed by atoms with Crippen LogP contribution in [0.1, 0.15) is 18.9 Å². The van der Waals surface area contributed by atoms with Gasteiger partial charge in [-0.1, -0.05) is 6.92 Å². The van der Waals surface area contributed by atoms with Crippen molar-refractivity contribution in [1.82, 2.24) is 5.01 Å². The van der Waals surface area contributed by atoms with Crippen molar-refractivity contribution >= 4 is 6.21 Å². The Balaban J connectivity index is 2.62. The highest BCUT2D eigenvalue weighted by Gasteiger charge is 2.07. The van der Waals surface area contributed by atoms with E-state index in [4.69, 9.17) is 9.84 Å². The molecule has 1 aromatic carbocycles. The first kappa shape index (κ1) is 13.5. The van der Waals surface area contributed by atoms with Crippen LogP contribution in [0.25, 0.3) is 0 Å². The third-order valence-corrected chi connectivity index (χ3v) is 2.72. The second kappa shape index (κ2) is 6.91. The highest BCUT2D eigenvalue weighted by Crippen LogP contribution is 2.10. The summed E-state index contributed by atoms with van der Waals surface area (Å²) in [5.41, 5.74) is 1.01. The lowest BCUT2D eigenvalue weighted by Crippen LogP contribution is -2.29. The Bertz CT molecular complexity index is 345. The van der Waals surface area contributed by atoms with Crippen LogP contribution in [0.2, 0.25) is 0 Å². The minimum absolute atomic E-state index is 0.0736. The van der Waals surface area contributed by atoms with E-state index in [9.17, 15) is 0 Å². The van der Waals surface area contributed by atoms with E-state index in [1.54, 1.807) is 18.3 Å². The molecule has 0 aliphatic heterocycles. The molecule has 4 nitrogen and oxygen atoms in total. The van der Waals surface area contributed by atoms with Gasteiger partial charge in [-0.25, -0.2) is 0 Å². The summed E-state index contributed by atoms with van der Waals surface area (Å²) < 4.78 is 5.08. The number of aliphatic hydroxyl groups excluding tert-OH is 1. The van der Waals surface area contributed by atoms with Crippen LogP contribution in [-0.4, -0.2) is 43.1 Å². The first-order valence-corrected chi connectivity index (χ1v) is 5.73. The first-order valence-electron chi connectivity index (χ1n) is 5.73. The molecule has 94 valence electrons. The highest BCUT2D eigenvalue weighted by atomic mass is 16.5. The molecular formula is C13H20N2O2. The average molecular weight is 236 g/mol. The molecule has 0 aromatic heterocycles. The van der Waals surface area contributed by atoms with Crippen LogP contribution in [0, 0.1) is 0 Å². The van der Waals surface area contributed by atoms with Gasteiger partial charge in [-0.2, -0.15) is 5.10 Å². The number of hydrogen-bond acceptors (Lipinski definition) is 4. The molecule has 0 saturated heterocycles. The number of aliphatic hydroxyl groups is 1. The Morgan fingerprint density at radius 3 is 2.53 bits per heavy atom. The molecule has 0 bridgehead atoms. The van der Waals surface area contributed by atoms with E-state index in [-0.39, 0.29) is 12.6 Å². The zero-order valence-corrected chi connectivity index (χ0v) is 10.6. The summed E-state index contributed by atoms with van der Waals surface area (Å²) in [5, 5.41) is 15.2. The predicted octanol–water partition coefficient (Wildman–Crippen LogP) is 1.73. The Morgan fingerprint density at radius 1 is 1.41 bits per heavy atom. The SMILES string of the molecule is CC[C@H](CO)N(C)/N=C/c1ccc(OC)cc1. The minimum Gasteiger partial charge on any atom is -0.497 e. The molecule has 1 aromatic rings. The summed E-state index contributed by atoms with van der Waals surface area (Å²) >= 11 is 0. The average Bonchev–Trinajstić information content (AvgIpc) is 2.38. The van der Waals surface area contributed by atoms with Gasteiger partial charge in [0.2, 0.25) is 0 Å². The third kappa shape index (κ3) is 4.07. The van der Waals surface area contributed by atoms with Crippen LogP contribution in [0.3, 0.4) is 0 Å². The van der Waals surface area contributed by atoms with Gasteiger partial charge in [0.15, 0.2) is 0 Å². The number of nitrogens with zero attached hydrogens (tertiary/aromatic N) is 2. The molecule has 0 fully saturated rings. The van der Waals surface area contributed by atoms with Crippen LogP contribution < -0.4 is 4.74 Å². The number of rotatable bonds is 6. The molecule has 1 atom stereocenters. The summed E-state index contributed by atoms with van der Waals surface area (Å²) in [4.78, 5) is 0. The largest absolute Gasteiger partial charge is 0.497 e. The number of benzene rings is 1. The van der Waals surface area contributed by atoms with Crippen LogP contribution in [0.4, 0.5) is 0 Å². The molecule has 0 radical (unpaired) electrons. The molecule has 0 unspecified atom stereocenters. The Hall–Kier alpha value is -1.55. The molecule has 0 spiro atoms. The molecule has 17 heavy (non-hydrogen) atoms. The monoisotopic (exact) mass is 236 g/mol. The van der Waals surface area contributed by atoms with Crippen molar-refractivity contribution in [2.45, 2.75) is 19.4 Å². The molecule has 0 aliphatic carbocycles. The van der Waals surface area contributed by atoms with Gasteiger partial charge >= 0.3 is 0 Å². The van der Waals surface area contributed by atoms with E-state index in [0.29, 0.717) is 0 Å². The van der Waals surface area contributed by atoms with E-state index >= 15 is 0 Å². The maximum atomic E-state index is 9.13. The fourth-order valence-electron chi connectivity index (χ4n) is 1.45. The number of hydrogen-bond donors (Lipinski definition) is 1. The minimum atomic E-state index is 0.0736. The molecule has 0 saturated carbocycles. The van der Waals surface area contributed by atoms with Gasteiger partial charge in [-0.3, -0.25) is 5.01 Å². The maximum absolute atomic E-state index is 9.13. The van der Waals surface area contributed by atoms with E-state index in [1.807, 2.05) is 38.2 Å². The second-order valence-electron chi connectivity index (χ2n) is 3.84. The second-order valence-corrected chi connectivity index (χ2v) is 3.84. The lowest BCUT2D eigenvalue weighted by Gasteiger charge is -2.21. The van der Waals surface area contributed by atoms with Crippen molar-refractivity contribution in [1.29, 1.82) is 0 Å². The summed E-state index contributed by atoms with van der Waals surface area (Å²) in [6.45, 7) is 2.15. The van der Waals surface area contributed by atoms with E-state index < -0.39 is 0 Å². The summed E-state index contributed by atoms with van der Waals surface area (Å²) in [6, 6.07) is 7.74. The molecule has 1 N–H and O–H groups in total. The summed E-state index contributed by atoms with van der Waals surface area (Å²) in [6.07, 6.45) is 2.64. The van der Waals surface area contributed by atoms with Crippen molar-refractivity contribution < 1.29 is 9.84 Å². The number of ether oxygens (including phenoxy) is 1. The quantitative estimate of drug-likeness (QED) is 0.604. The van der Waals surface area contributed by atoms with Gasteiger partial charge < -0.3 is 9.84 Å². The number of hydrazone groups is 1. The lowest BCUT2D eigenvalue weighted by atomic mass is 10.2.